The quantitative estimate of drug-likeness (QED) is 0.812. The van der Waals surface area contributed by atoms with Gasteiger partial charge in [0.1, 0.15) is 5.75 Å². The summed E-state index contributed by atoms with van der Waals surface area (Å²) in [6, 6.07) is 10.9. The maximum atomic E-state index is 9.83. The number of nitrogens with one attached hydrogen (secondary N) is 1. The molecule has 0 fully saturated rings. The lowest BCUT2D eigenvalue weighted by atomic mass is 10.2. The summed E-state index contributed by atoms with van der Waals surface area (Å²) in [4.78, 5) is 0. The SMILES string of the molecule is Oc1c(Cl)cc(Cl)cc1CNc1ccccc1Br. The Morgan fingerprint density at radius 2 is 1.89 bits per heavy atom. The van der Waals surface area contributed by atoms with Crippen LogP contribution in [0.25, 0.3) is 0 Å². The molecule has 0 aliphatic carbocycles. The molecule has 0 saturated carbocycles. The van der Waals surface area contributed by atoms with E-state index in [-0.39, 0.29) is 10.8 Å². The molecule has 2 rings (SSSR count). The predicted octanol–water partition coefficient (Wildman–Crippen LogP) is 5.07. The van der Waals surface area contributed by atoms with Crippen LogP contribution in [-0.4, -0.2) is 5.11 Å². The van der Waals surface area contributed by atoms with Crippen LogP contribution in [0.3, 0.4) is 0 Å². The number of hydrogen-bond donors (Lipinski definition) is 2. The number of phenols is 1. The average Bonchev–Trinajstić information content (AvgIpc) is 2.33. The molecule has 18 heavy (non-hydrogen) atoms. The molecule has 0 aromatic heterocycles. The largest absolute Gasteiger partial charge is 0.506 e. The first-order valence-electron chi connectivity index (χ1n) is 5.23. The van der Waals surface area contributed by atoms with E-state index in [1.54, 1.807) is 6.07 Å². The van der Waals surface area contributed by atoms with E-state index in [9.17, 15) is 5.11 Å². The molecule has 5 heteroatoms. The van der Waals surface area contributed by atoms with Crippen LogP contribution in [-0.2, 0) is 6.54 Å². The lowest BCUT2D eigenvalue weighted by molar-refractivity contribution is 0.469. The zero-order chi connectivity index (χ0) is 13.1. The first kappa shape index (κ1) is 13.5. The molecule has 0 amide bonds. The van der Waals surface area contributed by atoms with E-state index >= 15 is 0 Å². The van der Waals surface area contributed by atoms with Crippen molar-refractivity contribution in [1.29, 1.82) is 0 Å². The molecule has 2 N–H and O–H groups in total. The summed E-state index contributed by atoms with van der Waals surface area (Å²) in [5.41, 5.74) is 1.59. The Morgan fingerprint density at radius 1 is 1.17 bits per heavy atom. The van der Waals surface area contributed by atoms with Crippen molar-refractivity contribution in [2.75, 3.05) is 5.32 Å². The highest BCUT2D eigenvalue weighted by Crippen LogP contribution is 2.32. The molecule has 2 aromatic rings. The molecule has 0 spiro atoms. The summed E-state index contributed by atoms with van der Waals surface area (Å²) >= 11 is 15.2. The lowest BCUT2D eigenvalue weighted by Crippen LogP contribution is -2.00. The third-order valence-electron chi connectivity index (χ3n) is 2.45. The summed E-state index contributed by atoms with van der Waals surface area (Å²) in [7, 11) is 0. The minimum absolute atomic E-state index is 0.0561. The summed E-state index contributed by atoms with van der Waals surface area (Å²) in [5.74, 6) is 0.0561. The van der Waals surface area contributed by atoms with Crippen molar-refractivity contribution in [3.63, 3.8) is 0 Å². The zero-order valence-corrected chi connectivity index (χ0v) is 12.4. The van der Waals surface area contributed by atoms with E-state index in [1.807, 2.05) is 24.3 Å². The second-order valence-electron chi connectivity index (χ2n) is 3.73. The van der Waals surface area contributed by atoms with Crippen molar-refractivity contribution in [2.45, 2.75) is 6.54 Å². The minimum atomic E-state index is 0.0561. The molecular formula is C13H10BrCl2NO. The van der Waals surface area contributed by atoms with Crippen LogP contribution in [0.1, 0.15) is 5.56 Å². The van der Waals surface area contributed by atoms with Gasteiger partial charge in [0.15, 0.2) is 0 Å². The highest BCUT2D eigenvalue weighted by Gasteiger charge is 2.08. The number of para-hydroxylation sites is 1. The Balaban J connectivity index is 2.18. The van der Waals surface area contributed by atoms with Gasteiger partial charge in [-0.2, -0.15) is 0 Å². The topological polar surface area (TPSA) is 32.3 Å². The first-order chi connectivity index (χ1) is 8.58. The van der Waals surface area contributed by atoms with Gasteiger partial charge in [0.25, 0.3) is 0 Å². The Labute approximate surface area is 124 Å². The van der Waals surface area contributed by atoms with Gasteiger partial charge >= 0.3 is 0 Å². The van der Waals surface area contributed by atoms with Crippen molar-refractivity contribution in [1.82, 2.24) is 0 Å². The molecule has 0 saturated heterocycles. The molecule has 0 aliphatic rings. The van der Waals surface area contributed by atoms with Crippen LogP contribution in [0.2, 0.25) is 10.0 Å². The molecule has 0 atom stereocenters. The predicted molar refractivity (Wildman–Crippen MR) is 79.6 cm³/mol. The van der Waals surface area contributed by atoms with Crippen LogP contribution in [0, 0.1) is 0 Å². The van der Waals surface area contributed by atoms with Gasteiger partial charge in [-0.25, -0.2) is 0 Å². The van der Waals surface area contributed by atoms with Gasteiger partial charge in [-0.3, -0.25) is 0 Å². The van der Waals surface area contributed by atoms with Crippen LogP contribution < -0.4 is 5.32 Å². The Morgan fingerprint density at radius 3 is 2.61 bits per heavy atom. The number of benzene rings is 2. The molecule has 0 radical (unpaired) electrons. The fraction of sp³-hybridized carbons (Fsp3) is 0.0769. The second kappa shape index (κ2) is 5.83. The van der Waals surface area contributed by atoms with Crippen molar-refractivity contribution < 1.29 is 5.11 Å². The van der Waals surface area contributed by atoms with E-state index in [0.717, 1.165) is 10.2 Å². The standard InChI is InChI=1S/C13H10BrCl2NO/c14-10-3-1-2-4-12(10)17-7-8-5-9(15)6-11(16)13(8)18/h1-6,17-18H,7H2. The smallest absolute Gasteiger partial charge is 0.139 e. The normalized spacial score (nSPS) is 10.4. The molecule has 2 nitrogen and oxygen atoms in total. The van der Waals surface area contributed by atoms with E-state index < -0.39 is 0 Å². The van der Waals surface area contributed by atoms with Gasteiger partial charge in [-0.15, -0.1) is 0 Å². The maximum Gasteiger partial charge on any atom is 0.139 e. The zero-order valence-electron chi connectivity index (χ0n) is 9.25. The van der Waals surface area contributed by atoms with Crippen molar-refractivity contribution in [3.05, 3.63) is 56.5 Å². The van der Waals surface area contributed by atoms with Crippen molar-refractivity contribution in [2.24, 2.45) is 0 Å². The summed E-state index contributed by atoms with van der Waals surface area (Å²) < 4.78 is 0.956. The van der Waals surface area contributed by atoms with E-state index in [2.05, 4.69) is 21.2 Å². The van der Waals surface area contributed by atoms with Crippen LogP contribution in [0.5, 0.6) is 5.75 Å². The molecule has 0 aliphatic heterocycles. The van der Waals surface area contributed by atoms with Gasteiger partial charge in [0.2, 0.25) is 0 Å². The third-order valence-corrected chi connectivity index (χ3v) is 3.65. The lowest BCUT2D eigenvalue weighted by Gasteiger charge is -2.11. The third kappa shape index (κ3) is 3.10. The fourth-order valence-corrected chi connectivity index (χ4v) is 2.51. The number of aromatic hydroxyl groups is 1. The Kier molecular flexibility index (Phi) is 4.38. The molecule has 94 valence electrons. The van der Waals surface area contributed by atoms with Crippen LogP contribution in [0.4, 0.5) is 5.69 Å². The second-order valence-corrected chi connectivity index (χ2v) is 5.43. The van der Waals surface area contributed by atoms with Gasteiger partial charge in [0.05, 0.1) is 5.02 Å². The van der Waals surface area contributed by atoms with Gasteiger partial charge < -0.3 is 10.4 Å². The van der Waals surface area contributed by atoms with Gasteiger partial charge in [-0.05, 0) is 40.2 Å². The Hall–Kier alpha value is -0.900. The van der Waals surface area contributed by atoms with Gasteiger partial charge in [0, 0.05) is 27.3 Å². The number of phenolic OH excluding ortho intramolecular Hbond substituents is 1. The first-order valence-corrected chi connectivity index (χ1v) is 6.78. The van der Waals surface area contributed by atoms with Crippen molar-refractivity contribution in [3.8, 4) is 5.75 Å². The fourth-order valence-electron chi connectivity index (χ4n) is 1.55. The van der Waals surface area contributed by atoms with E-state index in [1.165, 1.54) is 6.07 Å². The van der Waals surface area contributed by atoms with Crippen LogP contribution >= 0.6 is 39.1 Å². The van der Waals surface area contributed by atoms with Crippen LogP contribution in [0.15, 0.2) is 40.9 Å². The highest BCUT2D eigenvalue weighted by molar-refractivity contribution is 9.10. The summed E-state index contributed by atoms with van der Waals surface area (Å²) in [6.07, 6.45) is 0. The molecule has 0 unspecified atom stereocenters. The molecular weight excluding hydrogens is 337 g/mol. The number of rotatable bonds is 3. The van der Waals surface area contributed by atoms with Gasteiger partial charge in [-0.1, -0.05) is 35.3 Å². The Bertz CT molecular complexity index is 575. The van der Waals surface area contributed by atoms with Crippen molar-refractivity contribution >= 4 is 44.8 Å². The molecule has 0 heterocycles. The van der Waals surface area contributed by atoms with E-state index in [0.29, 0.717) is 17.1 Å². The number of anilines is 1. The summed E-state index contributed by atoms with van der Waals surface area (Å²) in [5, 5.41) is 13.8. The maximum absolute atomic E-state index is 9.83. The van der Waals surface area contributed by atoms with E-state index in [4.69, 9.17) is 23.2 Å². The minimum Gasteiger partial charge on any atom is -0.506 e. The molecule has 2 aromatic carbocycles. The monoisotopic (exact) mass is 345 g/mol. The molecule has 0 bridgehead atoms. The average molecular weight is 347 g/mol. The number of halogens is 3. The number of hydrogen-bond acceptors (Lipinski definition) is 2. The summed E-state index contributed by atoms with van der Waals surface area (Å²) in [6.45, 7) is 0.439. The highest BCUT2D eigenvalue weighted by atomic mass is 79.9.